The lowest BCUT2D eigenvalue weighted by molar-refractivity contribution is -0.124. The van der Waals surface area contributed by atoms with E-state index in [-0.39, 0.29) is 11.9 Å². The first-order valence-electron chi connectivity index (χ1n) is 6.34. The lowest BCUT2D eigenvalue weighted by Gasteiger charge is -2.28. The van der Waals surface area contributed by atoms with Crippen molar-refractivity contribution in [2.75, 3.05) is 26.3 Å². The van der Waals surface area contributed by atoms with Gasteiger partial charge in [0.25, 0.3) is 0 Å². The minimum Gasteiger partial charge on any atom is -0.382 e. The van der Waals surface area contributed by atoms with Crippen LogP contribution in [-0.2, 0) is 9.53 Å². The number of carbonyl (C=O) groups is 1. The Labute approximate surface area is 98.1 Å². The van der Waals surface area contributed by atoms with Crippen LogP contribution in [0.4, 0.5) is 0 Å². The van der Waals surface area contributed by atoms with Gasteiger partial charge < -0.3 is 15.4 Å². The molecule has 1 saturated heterocycles. The van der Waals surface area contributed by atoms with Gasteiger partial charge in [0, 0.05) is 19.8 Å². The smallest absolute Gasteiger partial charge is 0.237 e. The van der Waals surface area contributed by atoms with Crippen LogP contribution in [0.25, 0.3) is 0 Å². The molecule has 0 aliphatic carbocycles. The highest BCUT2D eigenvalue weighted by Gasteiger charge is 2.26. The molecule has 1 heterocycles. The van der Waals surface area contributed by atoms with Crippen LogP contribution in [0, 0.1) is 5.92 Å². The predicted octanol–water partition coefficient (Wildman–Crippen LogP) is 0.917. The first-order valence-corrected chi connectivity index (χ1v) is 6.34. The van der Waals surface area contributed by atoms with Crippen molar-refractivity contribution in [3.63, 3.8) is 0 Å². The van der Waals surface area contributed by atoms with Crippen molar-refractivity contribution < 1.29 is 9.53 Å². The Morgan fingerprint density at radius 2 is 2.38 bits per heavy atom. The molecule has 0 bridgehead atoms. The van der Waals surface area contributed by atoms with E-state index in [1.54, 1.807) is 0 Å². The number of ether oxygens (including phenoxy) is 1. The van der Waals surface area contributed by atoms with Crippen molar-refractivity contribution in [1.82, 2.24) is 10.6 Å². The van der Waals surface area contributed by atoms with Crippen LogP contribution in [-0.4, -0.2) is 38.3 Å². The molecule has 0 aromatic rings. The largest absolute Gasteiger partial charge is 0.382 e. The highest BCUT2D eigenvalue weighted by Crippen LogP contribution is 2.15. The molecule has 4 heteroatoms. The average molecular weight is 228 g/mol. The predicted molar refractivity (Wildman–Crippen MR) is 64.3 cm³/mol. The minimum atomic E-state index is 0.000781. The van der Waals surface area contributed by atoms with Gasteiger partial charge in [0.15, 0.2) is 0 Å². The third-order valence-electron chi connectivity index (χ3n) is 3.02. The maximum atomic E-state index is 11.8. The van der Waals surface area contributed by atoms with Gasteiger partial charge in [0.05, 0.1) is 6.04 Å². The molecule has 1 aliphatic heterocycles. The van der Waals surface area contributed by atoms with Crippen LogP contribution in [0.1, 0.15) is 33.1 Å². The molecule has 0 spiro atoms. The molecule has 16 heavy (non-hydrogen) atoms. The van der Waals surface area contributed by atoms with Crippen LogP contribution in [0.2, 0.25) is 0 Å². The summed E-state index contributed by atoms with van der Waals surface area (Å²) in [6.07, 6.45) is 3.21. The van der Waals surface area contributed by atoms with Crippen LogP contribution in [0.3, 0.4) is 0 Å². The topological polar surface area (TPSA) is 50.4 Å². The van der Waals surface area contributed by atoms with Gasteiger partial charge in [-0.15, -0.1) is 0 Å². The molecule has 2 unspecified atom stereocenters. The van der Waals surface area contributed by atoms with Crippen LogP contribution in [0.5, 0.6) is 0 Å². The van der Waals surface area contributed by atoms with Gasteiger partial charge in [0.2, 0.25) is 5.91 Å². The number of amides is 1. The van der Waals surface area contributed by atoms with E-state index in [9.17, 15) is 4.79 Å². The Hall–Kier alpha value is -0.610. The van der Waals surface area contributed by atoms with Crippen molar-refractivity contribution >= 4 is 5.91 Å². The summed E-state index contributed by atoms with van der Waals surface area (Å²) in [6.45, 7) is 7.26. The molecule has 1 fully saturated rings. The van der Waals surface area contributed by atoms with E-state index in [0.29, 0.717) is 12.5 Å². The maximum absolute atomic E-state index is 11.8. The van der Waals surface area contributed by atoms with E-state index in [4.69, 9.17) is 4.74 Å². The van der Waals surface area contributed by atoms with Gasteiger partial charge >= 0.3 is 0 Å². The first-order chi connectivity index (χ1) is 7.75. The SMILES string of the molecule is CCOCCCNC(=O)C1NCCCC1C. The summed E-state index contributed by atoms with van der Waals surface area (Å²) in [4.78, 5) is 11.8. The fourth-order valence-corrected chi connectivity index (χ4v) is 2.04. The van der Waals surface area contributed by atoms with E-state index in [2.05, 4.69) is 17.6 Å². The number of nitrogens with one attached hydrogen (secondary N) is 2. The molecule has 2 N–H and O–H groups in total. The van der Waals surface area contributed by atoms with E-state index < -0.39 is 0 Å². The number of hydrogen-bond acceptors (Lipinski definition) is 3. The Morgan fingerprint density at radius 3 is 3.06 bits per heavy atom. The summed E-state index contributed by atoms with van der Waals surface area (Å²) in [5, 5.41) is 6.24. The molecule has 0 radical (unpaired) electrons. The molecule has 1 aliphatic rings. The summed E-state index contributed by atoms with van der Waals surface area (Å²) < 4.78 is 5.21. The highest BCUT2D eigenvalue weighted by molar-refractivity contribution is 5.82. The zero-order valence-corrected chi connectivity index (χ0v) is 10.4. The summed E-state index contributed by atoms with van der Waals surface area (Å²) in [7, 11) is 0. The standard InChI is InChI=1S/C12H24N2O2/c1-3-16-9-5-8-14-12(15)11-10(2)6-4-7-13-11/h10-11,13H,3-9H2,1-2H3,(H,14,15). The lowest BCUT2D eigenvalue weighted by Crippen LogP contribution is -2.51. The normalized spacial score (nSPS) is 25.4. The summed E-state index contributed by atoms with van der Waals surface area (Å²) >= 11 is 0. The summed E-state index contributed by atoms with van der Waals surface area (Å²) in [5.41, 5.74) is 0. The molecule has 94 valence electrons. The van der Waals surface area contributed by atoms with Gasteiger partial charge in [0.1, 0.15) is 0 Å². The maximum Gasteiger partial charge on any atom is 0.237 e. The third kappa shape index (κ3) is 4.49. The molecule has 4 nitrogen and oxygen atoms in total. The second-order valence-corrected chi connectivity index (χ2v) is 4.39. The Kier molecular flexibility index (Phi) is 6.42. The fourth-order valence-electron chi connectivity index (χ4n) is 2.04. The summed E-state index contributed by atoms with van der Waals surface area (Å²) in [6, 6.07) is 0.000781. The number of hydrogen-bond donors (Lipinski definition) is 2. The van der Waals surface area contributed by atoms with Crippen LogP contribution < -0.4 is 10.6 Å². The Morgan fingerprint density at radius 1 is 1.56 bits per heavy atom. The van der Waals surface area contributed by atoms with Gasteiger partial charge in [-0.3, -0.25) is 4.79 Å². The van der Waals surface area contributed by atoms with Crippen molar-refractivity contribution in [2.45, 2.75) is 39.2 Å². The van der Waals surface area contributed by atoms with Crippen molar-refractivity contribution in [3.05, 3.63) is 0 Å². The van der Waals surface area contributed by atoms with E-state index in [0.717, 1.165) is 32.6 Å². The quantitative estimate of drug-likeness (QED) is 0.665. The summed E-state index contributed by atoms with van der Waals surface area (Å²) in [5.74, 6) is 0.587. The van der Waals surface area contributed by atoms with Crippen LogP contribution in [0.15, 0.2) is 0 Å². The number of rotatable bonds is 6. The van der Waals surface area contributed by atoms with Crippen molar-refractivity contribution in [3.8, 4) is 0 Å². The second-order valence-electron chi connectivity index (χ2n) is 4.39. The molecule has 0 saturated carbocycles. The van der Waals surface area contributed by atoms with Gasteiger partial charge in [-0.05, 0) is 38.6 Å². The highest BCUT2D eigenvalue weighted by atomic mass is 16.5. The van der Waals surface area contributed by atoms with E-state index >= 15 is 0 Å². The molecule has 0 aromatic heterocycles. The molecule has 1 amide bonds. The zero-order chi connectivity index (χ0) is 11.8. The monoisotopic (exact) mass is 228 g/mol. The van der Waals surface area contributed by atoms with Crippen molar-refractivity contribution in [2.24, 2.45) is 5.92 Å². The molecule has 1 rings (SSSR count). The van der Waals surface area contributed by atoms with E-state index in [1.165, 1.54) is 6.42 Å². The second kappa shape index (κ2) is 7.63. The average Bonchev–Trinajstić information content (AvgIpc) is 2.29. The zero-order valence-electron chi connectivity index (χ0n) is 10.4. The molecule has 0 aromatic carbocycles. The molecular formula is C12H24N2O2. The number of carbonyl (C=O) groups excluding carboxylic acids is 1. The lowest BCUT2D eigenvalue weighted by atomic mass is 9.92. The molecular weight excluding hydrogens is 204 g/mol. The minimum absolute atomic E-state index is 0.000781. The fraction of sp³-hybridized carbons (Fsp3) is 0.917. The third-order valence-corrected chi connectivity index (χ3v) is 3.02. The number of piperidine rings is 1. The van der Waals surface area contributed by atoms with Crippen LogP contribution >= 0.6 is 0 Å². The van der Waals surface area contributed by atoms with Gasteiger partial charge in [-0.1, -0.05) is 6.92 Å². The van der Waals surface area contributed by atoms with E-state index in [1.807, 2.05) is 6.92 Å². The van der Waals surface area contributed by atoms with Gasteiger partial charge in [-0.2, -0.15) is 0 Å². The van der Waals surface area contributed by atoms with Crippen molar-refractivity contribution in [1.29, 1.82) is 0 Å². The van der Waals surface area contributed by atoms with Gasteiger partial charge in [-0.25, -0.2) is 0 Å². The Balaban J connectivity index is 2.13. The first kappa shape index (κ1) is 13.5. The molecule has 2 atom stereocenters. The Bertz CT molecular complexity index is 209.